The SMILES string of the molecule is CC(C)(OC(=O)[C@]1(CCCCl)C(=O)Oc2ccccc21)C(Cl)(Cl)Cl. The van der Waals surface area contributed by atoms with Crippen LogP contribution in [0.4, 0.5) is 0 Å². The lowest BCUT2D eigenvalue weighted by atomic mass is 9.77. The third-order valence-corrected chi connectivity index (χ3v) is 5.59. The summed E-state index contributed by atoms with van der Waals surface area (Å²) >= 11 is 23.4. The molecule has 2 rings (SSSR count). The van der Waals surface area contributed by atoms with Crippen molar-refractivity contribution in [2.24, 2.45) is 0 Å². The normalized spacial score (nSPS) is 20.5. The fourth-order valence-corrected chi connectivity index (χ4v) is 2.70. The van der Waals surface area contributed by atoms with E-state index < -0.39 is 26.7 Å². The van der Waals surface area contributed by atoms with Crippen molar-refractivity contribution in [3.8, 4) is 5.75 Å². The number of ether oxygens (including phenoxy) is 2. The molecule has 0 aliphatic carbocycles. The quantitative estimate of drug-likeness (QED) is 0.307. The minimum Gasteiger partial charge on any atom is -0.454 e. The molecule has 1 aromatic rings. The third kappa shape index (κ3) is 3.34. The molecule has 132 valence electrons. The second-order valence-electron chi connectivity index (χ2n) is 5.98. The van der Waals surface area contributed by atoms with E-state index in [0.717, 1.165) is 0 Å². The van der Waals surface area contributed by atoms with Crippen LogP contribution in [0.5, 0.6) is 5.75 Å². The Morgan fingerprint density at radius 3 is 2.46 bits per heavy atom. The van der Waals surface area contributed by atoms with Gasteiger partial charge in [0.1, 0.15) is 5.75 Å². The molecule has 0 spiro atoms. The summed E-state index contributed by atoms with van der Waals surface area (Å²) in [5, 5.41) is 0. The van der Waals surface area contributed by atoms with Crippen LogP contribution in [0.2, 0.25) is 0 Å². The fraction of sp³-hybridized carbons (Fsp3) is 0.500. The van der Waals surface area contributed by atoms with Crippen LogP contribution in [0.25, 0.3) is 0 Å². The molecular formula is C16H16Cl4O4. The molecule has 0 saturated heterocycles. The Labute approximate surface area is 160 Å². The van der Waals surface area contributed by atoms with Crippen molar-refractivity contribution in [1.82, 2.24) is 0 Å². The van der Waals surface area contributed by atoms with E-state index in [1.54, 1.807) is 24.3 Å². The lowest BCUT2D eigenvalue weighted by molar-refractivity contribution is -0.168. The molecule has 0 fully saturated rings. The van der Waals surface area contributed by atoms with Gasteiger partial charge in [0.2, 0.25) is 3.79 Å². The van der Waals surface area contributed by atoms with Crippen LogP contribution in [0.15, 0.2) is 24.3 Å². The van der Waals surface area contributed by atoms with E-state index in [-0.39, 0.29) is 12.3 Å². The van der Waals surface area contributed by atoms with Crippen LogP contribution in [0, 0.1) is 0 Å². The van der Waals surface area contributed by atoms with E-state index in [2.05, 4.69) is 0 Å². The highest BCUT2D eigenvalue weighted by atomic mass is 35.6. The average Bonchev–Trinajstić information content (AvgIpc) is 2.76. The molecule has 8 heteroatoms. The summed E-state index contributed by atoms with van der Waals surface area (Å²) in [5.74, 6) is -0.934. The molecule has 0 saturated carbocycles. The van der Waals surface area contributed by atoms with E-state index in [9.17, 15) is 9.59 Å². The van der Waals surface area contributed by atoms with Gasteiger partial charge in [0, 0.05) is 11.4 Å². The number of halogens is 4. The van der Waals surface area contributed by atoms with Crippen molar-refractivity contribution in [2.75, 3.05) is 5.88 Å². The number of fused-ring (bicyclic) bond motifs is 1. The maximum absolute atomic E-state index is 13.0. The molecule has 0 radical (unpaired) electrons. The van der Waals surface area contributed by atoms with Gasteiger partial charge in [-0.3, -0.25) is 9.59 Å². The second-order valence-corrected chi connectivity index (χ2v) is 8.64. The molecule has 1 aliphatic heterocycles. The monoisotopic (exact) mass is 412 g/mol. The van der Waals surface area contributed by atoms with Crippen LogP contribution in [0.3, 0.4) is 0 Å². The highest BCUT2D eigenvalue weighted by Gasteiger charge is 2.58. The van der Waals surface area contributed by atoms with E-state index in [1.807, 2.05) is 0 Å². The number of para-hydroxylation sites is 1. The Morgan fingerprint density at radius 2 is 1.88 bits per heavy atom. The Hall–Kier alpha value is -0.680. The van der Waals surface area contributed by atoms with Crippen molar-refractivity contribution in [2.45, 2.75) is 41.5 Å². The topological polar surface area (TPSA) is 52.6 Å². The molecule has 0 aromatic heterocycles. The first-order valence-electron chi connectivity index (χ1n) is 7.24. The zero-order chi connectivity index (χ0) is 18.2. The van der Waals surface area contributed by atoms with Crippen molar-refractivity contribution in [1.29, 1.82) is 0 Å². The van der Waals surface area contributed by atoms with E-state index in [1.165, 1.54) is 13.8 Å². The number of hydrogen-bond acceptors (Lipinski definition) is 4. The first-order valence-corrected chi connectivity index (χ1v) is 8.91. The van der Waals surface area contributed by atoms with Crippen LogP contribution in [-0.2, 0) is 19.7 Å². The van der Waals surface area contributed by atoms with Crippen LogP contribution >= 0.6 is 46.4 Å². The number of alkyl halides is 4. The molecule has 0 bridgehead atoms. The van der Waals surface area contributed by atoms with Gasteiger partial charge in [-0.15, -0.1) is 11.6 Å². The van der Waals surface area contributed by atoms with Gasteiger partial charge in [-0.25, -0.2) is 0 Å². The third-order valence-electron chi connectivity index (χ3n) is 3.96. The standard InChI is InChI=1S/C16H16Cl4O4/c1-14(2,16(18,19)20)24-13(22)15(8-5-9-17)10-6-3-4-7-11(10)23-12(15)21/h3-4,6-7H,5,8-9H2,1-2H3/t15-/m0/s1. The highest BCUT2D eigenvalue weighted by Crippen LogP contribution is 2.47. The van der Waals surface area contributed by atoms with Crippen LogP contribution in [-0.4, -0.2) is 27.2 Å². The predicted molar refractivity (Wildman–Crippen MR) is 94.2 cm³/mol. The van der Waals surface area contributed by atoms with Gasteiger partial charge in [-0.05, 0) is 32.8 Å². The Balaban J connectivity index is 2.46. The van der Waals surface area contributed by atoms with Gasteiger partial charge in [0.15, 0.2) is 11.0 Å². The van der Waals surface area contributed by atoms with Crippen LogP contribution < -0.4 is 4.74 Å². The number of carbonyl (C=O) groups excluding carboxylic acids is 2. The van der Waals surface area contributed by atoms with E-state index >= 15 is 0 Å². The number of esters is 2. The molecule has 1 atom stereocenters. The fourth-order valence-electron chi connectivity index (χ4n) is 2.45. The van der Waals surface area contributed by atoms with Crippen LogP contribution in [0.1, 0.15) is 32.3 Å². The van der Waals surface area contributed by atoms with E-state index in [4.69, 9.17) is 55.9 Å². The van der Waals surface area contributed by atoms with E-state index in [0.29, 0.717) is 17.7 Å². The first-order chi connectivity index (χ1) is 11.1. The second kappa shape index (κ2) is 6.91. The molecule has 1 aliphatic rings. The Morgan fingerprint density at radius 1 is 1.25 bits per heavy atom. The maximum Gasteiger partial charge on any atom is 0.333 e. The summed E-state index contributed by atoms with van der Waals surface area (Å²) < 4.78 is 8.83. The largest absolute Gasteiger partial charge is 0.454 e. The molecule has 1 aromatic carbocycles. The molecule has 24 heavy (non-hydrogen) atoms. The Bertz CT molecular complexity index is 654. The lowest BCUT2D eigenvalue weighted by Crippen LogP contribution is -2.50. The Kier molecular flexibility index (Phi) is 5.65. The van der Waals surface area contributed by atoms with Gasteiger partial charge < -0.3 is 9.47 Å². The lowest BCUT2D eigenvalue weighted by Gasteiger charge is -2.35. The van der Waals surface area contributed by atoms with Gasteiger partial charge in [0.05, 0.1) is 0 Å². The molecule has 0 unspecified atom stereocenters. The highest BCUT2D eigenvalue weighted by molar-refractivity contribution is 6.68. The van der Waals surface area contributed by atoms with Gasteiger partial charge in [0.25, 0.3) is 0 Å². The minimum atomic E-state index is -1.86. The first kappa shape index (κ1) is 19.6. The maximum atomic E-state index is 13.0. The molecule has 1 heterocycles. The number of benzene rings is 1. The molecule has 4 nitrogen and oxygen atoms in total. The van der Waals surface area contributed by atoms with Gasteiger partial charge in [-0.2, -0.15) is 0 Å². The molecule has 0 amide bonds. The average molecular weight is 414 g/mol. The summed E-state index contributed by atoms with van der Waals surface area (Å²) in [4.78, 5) is 25.5. The summed E-state index contributed by atoms with van der Waals surface area (Å²) in [5.41, 5.74) is -2.62. The van der Waals surface area contributed by atoms with Gasteiger partial charge >= 0.3 is 11.9 Å². The minimum absolute atomic E-state index is 0.140. The number of carbonyl (C=O) groups is 2. The molecular weight excluding hydrogens is 398 g/mol. The smallest absolute Gasteiger partial charge is 0.333 e. The summed E-state index contributed by atoms with van der Waals surface area (Å²) in [7, 11) is 0. The number of rotatable bonds is 5. The summed E-state index contributed by atoms with van der Waals surface area (Å²) in [6.07, 6.45) is 0.551. The van der Waals surface area contributed by atoms with Crippen molar-refractivity contribution >= 4 is 58.3 Å². The number of hydrogen-bond donors (Lipinski definition) is 0. The summed E-state index contributed by atoms with van der Waals surface area (Å²) in [6.45, 7) is 2.92. The van der Waals surface area contributed by atoms with Crippen molar-refractivity contribution in [3.05, 3.63) is 29.8 Å². The van der Waals surface area contributed by atoms with Gasteiger partial charge in [-0.1, -0.05) is 53.0 Å². The zero-order valence-corrected chi connectivity index (χ0v) is 16.1. The van der Waals surface area contributed by atoms with Crippen molar-refractivity contribution in [3.63, 3.8) is 0 Å². The van der Waals surface area contributed by atoms with Crippen molar-refractivity contribution < 1.29 is 19.1 Å². The predicted octanol–water partition coefficient (Wildman–Crippen LogP) is 4.55. The zero-order valence-electron chi connectivity index (χ0n) is 13.1. The summed E-state index contributed by atoms with van der Waals surface area (Å²) in [6, 6.07) is 6.69. The molecule has 0 N–H and O–H groups in total.